The molecule has 21 heavy (non-hydrogen) atoms. The molecular weight excluding hydrogens is 348 g/mol. The van der Waals surface area contributed by atoms with E-state index in [1.54, 1.807) is 12.1 Å². The molecule has 0 aliphatic rings. The van der Waals surface area contributed by atoms with Crippen molar-refractivity contribution in [1.82, 2.24) is 4.98 Å². The van der Waals surface area contributed by atoms with Crippen LogP contribution in [0, 0.1) is 11.6 Å². The number of rotatable bonds is 4. The molecule has 0 unspecified atom stereocenters. The van der Waals surface area contributed by atoms with Gasteiger partial charge in [-0.3, -0.25) is 4.98 Å². The zero-order valence-corrected chi connectivity index (χ0v) is 12.1. The van der Waals surface area contributed by atoms with Crippen molar-refractivity contribution in [3.8, 4) is 5.75 Å². The van der Waals surface area contributed by atoms with Gasteiger partial charge >= 0.3 is 0 Å². The summed E-state index contributed by atoms with van der Waals surface area (Å²) < 4.78 is 32.4. The largest absolute Gasteiger partial charge is 0.486 e. The maximum Gasteiger partial charge on any atom is 0.200 e. The van der Waals surface area contributed by atoms with Gasteiger partial charge in [-0.1, -0.05) is 27.2 Å². The first-order valence-electron chi connectivity index (χ1n) is 5.72. The molecular formula is C13H10BrF2N3O2. The molecule has 0 aliphatic carbocycles. The Kier molecular flexibility index (Phi) is 4.69. The Hall–Kier alpha value is -2.22. The van der Waals surface area contributed by atoms with Crippen molar-refractivity contribution >= 4 is 21.8 Å². The molecule has 0 saturated heterocycles. The second-order valence-electron chi connectivity index (χ2n) is 3.98. The monoisotopic (exact) mass is 357 g/mol. The molecule has 2 rings (SSSR count). The van der Waals surface area contributed by atoms with Gasteiger partial charge in [0.1, 0.15) is 12.3 Å². The van der Waals surface area contributed by atoms with E-state index >= 15 is 0 Å². The molecule has 1 aromatic heterocycles. The highest BCUT2D eigenvalue weighted by Crippen LogP contribution is 2.26. The normalized spacial score (nSPS) is 11.5. The lowest BCUT2D eigenvalue weighted by Gasteiger charge is -2.10. The van der Waals surface area contributed by atoms with Crippen LogP contribution in [0.5, 0.6) is 5.75 Å². The highest BCUT2D eigenvalue weighted by molar-refractivity contribution is 9.10. The summed E-state index contributed by atoms with van der Waals surface area (Å²) in [6.07, 6.45) is 1.45. The Morgan fingerprint density at radius 1 is 1.43 bits per heavy atom. The molecule has 5 nitrogen and oxygen atoms in total. The Balaban J connectivity index is 2.25. The van der Waals surface area contributed by atoms with Crippen molar-refractivity contribution in [1.29, 1.82) is 0 Å². The molecule has 0 spiro atoms. The van der Waals surface area contributed by atoms with Gasteiger partial charge in [-0.2, -0.15) is 4.39 Å². The lowest BCUT2D eigenvalue weighted by molar-refractivity contribution is 0.283. The van der Waals surface area contributed by atoms with Crippen LogP contribution in [0.25, 0.3) is 0 Å². The van der Waals surface area contributed by atoms with E-state index < -0.39 is 11.6 Å². The molecule has 0 aliphatic heterocycles. The number of amidine groups is 1. The van der Waals surface area contributed by atoms with Crippen LogP contribution in [0.3, 0.4) is 0 Å². The van der Waals surface area contributed by atoms with Gasteiger partial charge in [-0.25, -0.2) is 4.39 Å². The van der Waals surface area contributed by atoms with E-state index in [9.17, 15) is 8.78 Å². The maximum absolute atomic E-state index is 13.6. The summed E-state index contributed by atoms with van der Waals surface area (Å²) in [4.78, 5) is 3.95. The molecule has 0 atom stereocenters. The molecule has 0 fully saturated rings. The Labute approximate surface area is 127 Å². The molecule has 1 heterocycles. The number of hydrogen-bond donors (Lipinski definition) is 2. The number of halogens is 3. The molecule has 8 heteroatoms. The molecule has 110 valence electrons. The number of ether oxygens (including phenoxy) is 1. The average molecular weight is 358 g/mol. The van der Waals surface area contributed by atoms with Crippen LogP contribution in [0.2, 0.25) is 0 Å². The molecule has 3 N–H and O–H groups in total. The number of benzene rings is 1. The molecule has 0 saturated carbocycles. The summed E-state index contributed by atoms with van der Waals surface area (Å²) in [5.41, 5.74) is 6.15. The number of nitrogens with two attached hydrogens (primary N) is 1. The standard InChI is InChI=1S/C13H10BrF2N3O2/c14-8-4-9(15)11(16)10(5-8)21-6-7-2-1-3-18-12(7)13(17)19-20/h1-5,20H,6H2,(H2,17,19). The number of nitrogens with zero attached hydrogens (tertiary/aromatic N) is 2. The summed E-state index contributed by atoms with van der Waals surface area (Å²) in [5, 5.41) is 11.5. The predicted molar refractivity (Wildman–Crippen MR) is 75.1 cm³/mol. The minimum atomic E-state index is -1.09. The lowest BCUT2D eigenvalue weighted by Crippen LogP contribution is -2.18. The smallest absolute Gasteiger partial charge is 0.200 e. The van der Waals surface area contributed by atoms with E-state index in [0.29, 0.717) is 10.0 Å². The van der Waals surface area contributed by atoms with Crippen LogP contribution in [0.15, 0.2) is 40.1 Å². The van der Waals surface area contributed by atoms with Gasteiger partial charge in [-0.05, 0) is 18.2 Å². The van der Waals surface area contributed by atoms with Crippen molar-refractivity contribution < 1.29 is 18.7 Å². The van der Waals surface area contributed by atoms with E-state index in [0.717, 1.165) is 6.07 Å². The lowest BCUT2D eigenvalue weighted by atomic mass is 10.2. The summed E-state index contributed by atoms with van der Waals surface area (Å²) in [6, 6.07) is 5.53. The third kappa shape index (κ3) is 3.46. The summed E-state index contributed by atoms with van der Waals surface area (Å²) in [7, 11) is 0. The summed E-state index contributed by atoms with van der Waals surface area (Å²) in [6.45, 7) is -0.119. The second-order valence-corrected chi connectivity index (χ2v) is 4.90. The van der Waals surface area contributed by atoms with E-state index in [2.05, 4.69) is 26.1 Å². The second kappa shape index (κ2) is 6.49. The van der Waals surface area contributed by atoms with Crippen molar-refractivity contribution in [2.24, 2.45) is 10.9 Å². The van der Waals surface area contributed by atoms with Gasteiger partial charge in [0.05, 0.1) is 0 Å². The molecule has 2 aromatic rings. The van der Waals surface area contributed by atoms with Crippen LogP contribution in [-0.2, 0) is 6.61 Å². The first-order chi connectivity index (χ1) is 10.0. The SMILES string of the molecule is N/C(=N/O)c1ncccc1COc1cc(Br)cc(F)c1F. The Morgan fingerprint density at radius 3 is 2.90 bits per heavy atom. The molecule has 0 amide bonds. The highest BCUT2D eigenvalue weighted by Gasteiger charge is 2.13. The van der Waals surface area contributed by atoms with Gasteiger partial charge in [0, 0.05) is 16.2 Å². The number of aromatic nitrogens is 1. The highest BCUT2D eigenvalue weighted by atomic mass is 79.9. The van der Waals surface area contributed by atoms with E-state index in [1.807, 2.05) is 0 Å². The minimum Gasteiger partial charge on any atom is -0.486 e. The summed E-state index contributed by atoms with van der Waals surface area (Å²) >= 11 is 3.05. The fourth-order valence-corrected chi connectivity index (χ4v) is 2.03. The fourth-order valence-electron chi connectivity index (χ4n) is 1.63. The van der Waals surface area contributed by atoms with E-state index in [1.165, 1.54) is 12.3 Å². The fraction of sp³-hybridized carbons (Fsp3) is 0.0769. The van der Waals surface area contributed by atoms with Gasteiger partial charge < -0.3 is 15.7 Å². The summed E-state index contributed by atoms with van der Waals surface area (Å²) in [5.74, 6) is -2.57. The van der Waals surface area contributed by atoms with Crippen LogP contribution < -0.4 is 10.5 Å². The Morgan fingerprint density at radius 2 is 2.19 bits per heavy atom. The van der Waals surface area contributed by atoms with Crippen molar-refractivity contribution in [3.05, 3.63) is 57.8 Å². The minimum absolute atomic E-state index is 0.119. The average Bonchev–Trinajstić information content (AvgIpc) is 2.49. The topological polar surface area (TPSA) is 80.7 Å². The quantitative estimate of drug-likeness (QED) is 0.290. The third-order valence-corrected chi connectivity index (χ3v) is 3.04. The van der Waals surface area contributed by atoms with Gasteiger partial charge in [0.15, 0.2) is 17.4 Å². The van der Waals surface area contributed by atoms with Gasteiger partial charge in [-0.15, -0.1) is 0 Å². The Bertz CT molecular complexity index is 695. The van der Waals surface area contributed by atoms with E-state index in [4.69, 9.17) is 15.7 Å². The van der Waals surface area contributed by atoms with Crippen LogP contribution >= 0.6 is 15.9 Å². The third-order valence-electron chi connectivity index (χ3n) is 2.58. The zero-order chi connectivity index (χ0) is 15.4. The van der Waals surface area contributed by atoms with Crippen molar-refractivity contribution in [3.63, 3.8) is 0 Å². The molecule has 1 aromatic carbocycles. The van der Waals surface area contributed by atoms with Crippen molar-refractivity contribution in [2.75, 3.05) is 0 Å². The predicted octanol–water partition coefficient (Wildman–Crippen LogP) is 2.80. The van der Waals surface area contributed by atoms with Crippen LogP contribution in [-0.4, -0.2) is 16.0 Å². The van der Waals surface area contributed by atoms with Gasteiger partial charge in [0.2, 0.25) is 5.82 Å². The van der Waals surface area contributed by atoms with E-state index in [-0.39, 0.29) is 23.9 Å². The number of hydrogen-bond acceptors (Lipinski definition) is 4. The zero-order valence-electron chi connectivity index (χ0n) is 10.6. The number of oxime groups is 1. The first-order valence-corrected chi connectivity index (χ1v) is 6.51. The van der Waals surface area contributed by atoms with Crippen LogP contribution in [0.1, 0.15) is 11.3 Å². The maximum atomic E-state index is 13.6. The number of pyridine rings is 1. The van der Waals surface area contributed by atoms with Gasteiger partial charge in [0.25, 0.3) is 0 Å². The molecule has 0 radical (unpaired) electrons. The first kappa shape index (κ1) is 15.2. The van der Waals surface area contributed by atoms with Crippen molar-refractivity contribution in [2.45, 2.75) is 6.61 Å². The molecule has 0 bridgehead atoms. The van der Waals surface area contributed by atoms with Crippen LogP contribution in [0.4, 0.5) is 8.78 Å².